The van der Waals surface area contributed by atoms with Crippen molar-refractivity contribution >= 4 is 39.2 Å². The quantitative estimate of drug-likeness (QED) is 0.404. The first-order chi connectivity index (χ1) is 14.2. The van der Waals surface area contributed by atoms with Crippen molar-refractivity contribution in [2.75, 3.05) is 31.4 Å². The van der Waals surface area contributed by atoms with Crippen molar-refractivity contribution < 1.29 is 4.74 Å². The molecule has 0 bridgehead atoms. The highest BCUT2D eigenvalue weighted by Gasteiger charge is 2.32. The molecule has 0 atom stereocenters. The van der Waals surface area contributed by atoms with Gasteiger partial charge in [0.25, 0.3) is 0 Å². The maximum atomic E-state index is 5.35. The number of halogens is 1. The Morgan fingerprint density at radius 1 is 1.21 bits per heavy atom. The van der Waals surface area contributed by atoms with Crippen molar-refractivity contribution in [1.29, 1.82) is 0 Å². The summed E-state index contributed by atoms with van der Waals surface area (Å²) in [5.74, 6) is 3.73. The zero-order valence-electron chi connectivity index (χ0n) is 16.8. The standard InChI is InChI=1S/C22H25BrN4OS/c1-28-16-7-8-17(18(23)11-16)19-20-25-21(29-2)22(27(20)10-9-24-19)26(12-14-3-4-14)13-15-5-6-15/h7-11,14-15H,3-6,12-13H2,1-2H3. The third kappa shape index (κ3) is 3.87. The molecule has 2 heterocycles. The minimum absolute atomic E-state index is 0.821. The average molecular weight is 473 g/mol. The molecule has 5 nitrogen and oxygen atoms in total. The Balaban J connectivity index is 1.63. The molecule has 29 heavy (non-hydrogen) atoms. The van der Waals surface area contributed by atoms with Gasteiger partial charge in [0, 0.05) is 35.5 Å². The Morgan fingerprint density at radius 2 is 1.93 bits per heavy atom. The number of hydrogen-bond donors (Lipinski definition) is 0. The lowest BCUT2D eigenvalue weighted by Gasteiger charge is -2.25. The number of anilines is 1. The minimum atomic E-state index is 0.821. The van der Waals surface area contributed by atoms with E-state index in [1.165, 1.54) is 31.5 Å². The van der Waals surface area contributed by atoms with Crippen LogP contribution in [0.2, 0.25) is 0 Å². The van der Waals surface area contributed by atoms with Crippen molar-refractivity contribution in [3.8, 4) is 17.0 Å². The number of ether oxygens (including phenoxy) is 1. The Hall–Kier alpha value is -1.73. The summed E-state index contributed by atoms with van der Waals surface area (Å²) in [4.78, 5) is 12.3. The first-order valence-corrected chi connectivity index (χ1v) is 12.2. The van der Waals surface area contributed by atoms with Crippen LogP contribution in [0.1, 0.15) is 25.7 Å². The van der Waals surface area contributed by atoms with E-state index in [0.29, 0.717) is 0 Å². The number of fused-ring (bicyclic) bond motifs is 1. The lowest BCUT2D eigenvalue weighted by atomic mass is 10.1. The van der Waals surface area contributed by atoms with Gasteiger partial charge in [-0.3, -0.25) is 9.38 Å². The summed E-state index contributed by atoms with van der Waals surface area (Å²) >= 11 is 5.42. The summed E-state index contributed by atoms with van der Waals surface area (Å²) in [6.07, 6.45) is 11.5. The van der Waals surface area contributed by atoms with Gasteiger partial charge >= 0.3 is 0 Å². The fourth-order valence-corrected chi connectivity index (χ4v) is 4.98. The molecule has 7 heteroatoms. The fraction of sp³-hybridized carbons (Fsp3) is 0.455. The van der Waals surface area contributed by atoms with E-state index in [9.17, 15) is 0 Å². The van der Waals surface area contributed by atoms with Crippen LogP contribution in [-0.4, -0.2) is 40.8 Å². The van der Waals surface area contributed by atoms with Gasteiger partial charge in [0.05, 0.1) is 7.11 Å². The molecule has 2 aliphatic carbocycles. The molecule has 2 saturated carbocycles. The summed E-state index contributed by atoms with van der Waals surface area (Å²) in [6.45, 7) is 2.28. The second-order valence-corrected chi connectivity index (χ2v) is 9.70. The second-order valence-electron chi connectivity index (χ2n) is 8.05. The van der Waals surface area contributed by atoms with E-state index in [4.69, 9.17) is 14.7 Å². The molecule has 2 aromatic heterocycles. The van der Waals surface area contributed by atoms with E-state index >= 15 is 0 Å². The maximum Gasteiger partial charge on any atom is 0.166 e. The van der Waals surface area contributed by atoms with E-state index in [1.807, 2.05) is 24.4 Å². The highest BCUT2D eigenvalue weighted by molar-refractivity contribution is 9.10. The average Bonchev–Trinajstić information content (AvgIpc) is 3.66. The molecule has 2 fully saturated rings. The molecular weight excluding hydrogens is 448 g/mol. The van der Waals surface area contributed by atoms with Crippen LogP contribution in [0.4, 0.5) is 5.82 Å². The highest BCUT2D eigenvalue weighted by Crippen LogP contribution is 2.40. The smallest absolute Gasteiger partial charge is 0.166 e. The number of aromatic nitrogens is 3. The van der Waals surface area contributed by atoms with Crippen LogP contribution in [0.3, 0.4) is 0 Å². The molecule has 0 aliphatic heterocycles. The van der Waals surface area contributed by atoms with Gasteiger partial charge in [-0.15, -0.1) is 11.8 Å². The molecule has 0 radical (unpaired) electrons. The predicted octanol–water partition coefficient (Wildman–Crippen LogP) is 5.52. The third-order valence-electron chi connectivity index (χ3n) is 5.76. The largest absolute Gasteiger partial charge is 0.497 e. The van der Waals surface area contributed by atoms with Crippen LogP contribution in [0.5, 0.6) is 5.75 Å². The summed E-state index contributed by atoms with van der Waals surface area (Å²) in [7, 11) is 1.68. The second kappa shape index (κ2) is 7.84. The zero-order valence-corrected chi connectivity index (χ0v) is 19.2. The summed E-state index contributed by atoms with van der Waals surface area (Å²) < 4.78 is 8.55. The topological polar surface area (TPSA) is 42.7 Å². The molecule has 2 aliphatic rings. The first-order valence-electron chi connectivity index (χ1n) is 10.2. The molecule has 0 spiro atoms. The Kier molecular flexibility index (Phi) is 5.20. The minimum Gasteiger partial charge on any atom is -0.497 e. The number of imidazole rings is 1. The maximum absolute atomic E-state index is 5.35. The van der Waals surface area contributed by atoms with Crippen molar-refractivity contribution in [3.63, 3.8) is 0 Å². The van der Waals surface area contributed by atoms with E-state index in [2.05, 4.69) is 37.7 Å². The van der Waals surface area contributed by atoms with E-state index < -0.39 is 0 Å². The van der Waals surface area contributed by atoms with Gasteiger partial charge in [0.1, 0.15) is 22.3 Å². The lowest BCUT2D eigenvalue weighted by molar-refractivity contribution is 0.414. The van der Waals surface area contributed by atoms with Crippen molar-refractivity contribution in [3.05, 3.63) is 35.1 Å². The van der Waals surface area contributed by atoms with Gasteiger partial charge in [-0.05, 0) is 77.9 Å². The first kappa shape index (κ1) is 19.2. The number of thioether (sulfide) groups is 1. The van der Waals surface area contributed by atoms with Crippen LogP contribution >= 0.6 is 27.7 Å². The van der Waals surface area contributed by atoms with Gasteiger partial charge in [0.2, 0.25) is 0 Å². The molecule has 0 saturated heterocycles. The number of benzene rings is 1. The summed E-state index contributed by atoms with van der Waals surface area (Å²) in [5.41, 5.74) is 2.83. The molecule has 0 unspecified atom stereocenters. The Morgan fingerprint density at radius 3 is 2.52 bits per heavy atom. The third-order valence-corrected chi connectivity index (χ3v) is 7.08. The van der Waals surface area contributed by atoms with Crippen LogP contribution in [0, 0.1) is 11.8 Å². The van der Waals surface area contributed by atoms with Gasteiger partial charge < -0.3 is 9.64 Å². The number of nitrogens with zero attached hydrogens (tertiary/aromatic N) is 4. The highest BCUT2D eigenvalue weighted by atomic mass is 79.9. The number of rotatable bonds is 8. The van der Waals surface area contributed by atoms with Gasteiger partial charge in [0.15, 0.2) is 5.65 Å². The SMILES string of the molecule is COc1ccc(-c2nccn3c(N(CC4CC4)CC4CC4)c(SC)nc23)c(Br)c1. The van der Waals surface area contributed by atoms with Gasteiger partial charge in [-0.2, -0.15) is 0 Å². The van der Waals surface area contributed by atoms with Crippen molar-refractivity contribution in [2.45, 2.75) is 30.7 Å². The van der Waals surface area contributed by atoms with Gasteiger partial charge in [-0.25, -0.2) is 4.98 Å². The van der Waals surface area contributed by atoms with E-state index in [-0.39, 0.29) is 0 Å². The fourth-order valence-electron chi connectivity index (χ4n) is 3.84. The summed E-state index contributed by atoms with van der Waals surface area (Å²) in [6, 6.07) is 5.99. The van der Waals surface area contributed by atoms with E-state index in [1.54, 1.807) is 18.9 Å². The van der Waals surface area contributed by atoms with Crippen molar-refractivity contribution in [1.82, 2.24) is 14.4 Å². The van der Waals surface area contributed by atoms with E-state index in [0.717, 1.165) is 57.1 Å². The summed E-state index contributed by atoms with van der Waals surface area (Å²) in [5, 5.41) is 1.09. The molecule has 1 aromatic carbocycles. The van der Waals surface area contributed by atoms with Crippen LogP contribution in [0.15, 0.2) is 40.1 Å². The molecular formula is C22H25BrN4OS. The number of hydrogen-bond acceptors (Lipinski definition) is 5. The molecule has 3 aromatic rings. The predicted molar refractivity (Wildman–Crippen MR) is 122 cm³/mol. The van der Waals surface area contributed by atoms with Gasteiger partial charge in [-0.1, -0.05) is 0 Å². The monoisotopic (exact) mass is 472 g/mol. The Labute approximate surface area is 184 Å². The van der Waals surface area contributed by atoms with Crippen LogP contribution in [-0.2, 0) is 0 Å². The molecule has 5 rings (SSSR count). The normalized spacial score (nSPS) is 16.4. The lowest BCUT2D eigenvalue weighted by Crippen LogP contribution is -2.29. The van der Waals surface area contributed by atoms with Crippen molar-refractivity contribution in [2.24, 2.45) is 11.8 Å². The number of methoxy groups -OCH3 is 1. The molecule has 152 valence electrons. The van der Waals surface area contributed by atoms with Crippen LogP contribution in [0.25, 0.3) is 16.9 Å². The van der Waals surface area contributed by atoms with Crippen LogP contribution < -0.4 is 9.64 Å². The zero-order chi connectivity index (χ0) is 20.0. The Bertz CT molecular complexity index is 1030. The molecule has 0 N–H and O–H groups in total. The molecule has 0 amide bonds.